The third kappa shape index (κ3) is 6.71. The van der Waals surface area contributed by atoms with E-state index < -0.39 is 11.8 Å². The van der Waals surface area contributed by atoms with E-state index in [0.29, 0.717) is 35.0 Å². The van der Waals surface area contributed by atoms with Crippen molar-refractivity contribution in [2.24, 2.45) is 0 Å². The molecule has 7 nitrogen and oxygen atoms in total. The van der Waals surface area contributed by atoms with Gasteiger partial charge in [0.15, 0.2) is 11.5 Å². The number of methoxy groups -OCH3 is 2. The lowest BCUT2D eigenvalue weighted by molar-refractivity contribution is 0.0846. The van der Waals surface area contributed by atoms with Gasteiger partial charge in [-0.2, -0.15) is 0 Å². The van der Waals surface area contributed by atoms with Gasteiger partial charge in [0.25, 0.3) is 11.8 Å². The summed E-state index contributed by atoms with van der Waals surface area (Å²) in [7, 11) is 3.00. The molecule has 0 aliphatic carbocycles. The molecule has 0 saturated heterocycles. The Kier molecular flexibility index (Phi) is 8.82. The van der Waals surface area contributed by atoms with Gasteiger partial charge in [0.1, 0.15) is 5.75 Å². The predicted molar refractivity (Wildman–Crippen MR) is 111 cm³/mol. The van der Waals surface area contributed by atoms with E-state index in [1.165, 1.54) is 33.1 Å². The van der Waals surface area contributed by atoms with Gasteiger partial charge in [-0.25, -0.2) is 0 Å². The number of rotatable bonds is 10. The average Bonchev–Trinajstić information content (AvgIpc) is 2.77. The molecule has 2 N–H and O–H groups in total. The molecule has 0 bridgehead atoms. The van der Waals surface area contributed by atoms with Crippen molar-refractivity contribution in [2.45, 2.75) is 32.6 Å². The molecule has 0 atom stereocenters. The van der Waals surface area contributed by atoms with Gasteiger partial charge in [-0.3, -0.25) is 20.4 Å². The summed E-state index contributed by atoms with van der Waals surface area (Å²) in [6, 6.07) is 11.5. The Bertz CT molecular complexity index is 805. The molecule has 0 saturated carbocycles. The Balaban J connectivity index is 1.84. The Morgan fingerprint density at radius 2 is 1.41 bits per heavy atom. The molecule has 29 heavy (non-hydrogen) atoms. The normalized spacial score (nSPS) is 10.2. The predicted octanol–water partition coefficient (Wildman–Crippen LogP) is 3.74. The van der Waals surface area contributed by atoms with Crippen LogP contribution in [0.2, 0.25) is 0 Å². The van der Waals surface area contributed by atoms with Crippen molar-refractivity contribution in [3.05, 3.63) is 53.6 Å². The molecule has 2 rings (SSSR count). The Hall–Kier alpha value is -3.22. The number of nitrogens with one attached hydrogen (secondary N) is 2. The molecule has 7 heteroatoms. The molecule has 0 aromatic heterocycles. The monoisotopic (exact) mass is 400 g/mol. The Morgan fingerprint density at radius 1 is 0.793 bits per heavy atom. The fraction of sp³-hybridized carbons (Fsp3) is 0.364. The van der Waals surface area contributed by atoms with E-state index in [0.717, 1.165) is 12.8 Å². The molecule has 0 aliphatic rings. The number of benzene rings is 2. The van der Waals surface area contributed by atoms with Crippen molar-refractivity contribution in [1.82, 2.24) is 10.9 Å². The molecule has 0 heterocycles. The zero-order valence-corrected chi connectivity index (χ0v) is 17.1. The van der Waals surface area contributed by atoms with Crippen LogP contribution in [0.3, 0.4) is 0 Å². The topological polar surface area (TPSA) is 85.9 Å². The van der Waals surface area contributed by atoms with E-state index >= 15 is 0 Å². The molecule has 2 aromatic rings. The molecule has 0 unspecified atom stereocenters. The van der Waals surface area contributed by atoms with Gasteiger partial charge in [-0.05, 0) is 48.9 Å². The van der Waals surface area contributed by atoms with Crippen LogP contribution < -0.4 is 25.1 Å². The molecule has 2 amide bonds. The van der Waals surface area contributed by atoms with Gasteiger partial charge in [-0.15, -0.1) is 0 Å². The van der Waals surface area contributed by atoms with Crippen LogP contribution in [0, 0.1) is 0 Å². The summed E-state index contributed by atoms with van der Waals surface area (Å²) in [5, 5.41) is 0. The number of amides is 2. The highest BCUT2D eigenvalue weighted by atomic mass is 16.5. The molecule has 0 spiro atoms. The van der Waals surface area contributed by atoms with E-state index in [-0.39, 0.29) is 0 Å². The van der Waals surface area contributed by atoms with Crippen LogP contribution in [0.25, 0.3) is 0 Å². The van der Waals surface area contributed by atoms with Crippen molar-refractivity contribution in [1.29, 1.82) is 0 Å². The summed E-state index contributed by atoms with van der Waals surface area (Å²) in [5.41, 5.74) is 5.53. The average molecular weight is 400 g/mol. The van der Waals surface area contributed by atoms with Crippen LogP contribution >= 0.6 is 0 Å². The van der Waals surface area contributed by atoms with Crippen LogP contribution in [-0.2, 0) is 0 Å². The second-order valence-corrected chi connectivity index (χ2v) is 6.41. The lowest BCUT2D eigenvalue weighted by atomic mass is 10.2. The van der Waals surface area contributed by atoms with Gasteiger partial charge in [-0.1, -0.05) is 26.2 Å². The minimum absolute atomic E-state index is 0.328. The number of carbonyl (C=O) groups excluding carboxylic acids is 2. The number of unbranched alkanes of at least 4 members (excludes halogenated alkanes) is 3. The minimum atomic E-state index is -0.466. The zero-order valence-electron chi connectivity index (χ0n) is 17.1. The number of hydrogen-bond acceptors (Lipinski definition) is 5. The van der Waals surface area contributed by atoms with Gasteiger partial charge < -0.3 is 14.2 Å². The van der Waals surface area contributed by atoms with Crippen molar-refractivity contribution < 1.29 is 23.8 Å². The summed E-state index contributed by atoms with van der Waals surface area (Å²) in [4.78, 5) is 24.5. The summed E-state index contributed by atoms with van der Waals surface area (Å²) in [5.74, 6) is 0.768. The van der Waals surface area contributed by atoms with Gasteiger partial charge >= 0.3 is 0 Å². The second-order valence-electron chi connectivity index (χ2n) is 6.41. The fourth-order valence-corrected chi connectivity index (χ4v) is 2.66. The Morgan fingerprint density at radius 3 is 2.03 bits per heavy atom. The third-order valence-corrected chi connectivity index (χ3v) is 4.32. The van der Waals surface area contributed by atoms with Crippen LogP contribution in [0.5, 0.6) is 17.2 Å². The first-order chi connectivity index (χ1) is 14.1. The van der Waals surface area contributed by atoms with E-state index in [9.17, 15) is 9.59 Å². The smallest absolute Gasteiger partial charge is 0.269 e. The lowest BCUT2D eigenvalue weighted by Gasteiger charge is -2.11. The quantitative estimate of drug-likeness (QED) is 0.469. The summed E-state index contributed by atoms with van der Waals surface area (Å²) in [6.07, 6.45) is 4.55. The second kappa shape index (κ2) is 11.6. The van der Waals surface area contributed by atoms with Crippen LogP contribution in [0.15, 0.2) is 42.5 Å². The summed E-state index contributed by atoms with van der Waals surface area (Å²) < 4.78 is 16.0. The highest BCUT2D eigenvalue weighted by Gasteiger charge is 2.12. The fourth-order valence-electron chi connectivity index (χ4n) is 2.66. The number of carbonyl (C=O) groups is 2. The van der Waals surface area contributed by atoms with Gasteiger partial charge in [0.2, 0.25) is 0 Å². The number of ether oxygens (including phenoxy) is 3. The van der Waals surface area contributed by atoms with E-state index in [1.807, 2.05) is 0 Å². The molecule has 0 fully saturated rings. The zero-order chi connectivity index (χ0) is 21.1. The highest BCUT2D eigenvalue weighted by molar-refractivity contribution is 5.99. The number of hydrogen-bond donors (Lipinski definition) is 2. The standard InChI is InChI=1S/C22H28N2O5/c1-4-5-6-7-14-29-18-11-8-16(9-12-18)21(25)23-24-22(26)17-10-13-19(27-2)20(15-17)28-3/h8-13,15H,4-7,14H2,1-3H3,(H,23,25)(H,24,26). The van der Waals surface area contributed by atoms with Crippen molar-refractivity contribution in [3.8, 4) is 17.2 Å². The first kappa shape index (κ1) is 22.1. The molecule has 156 valence electrons. The van der Waals surface area contributed by atoms with E-state index in [1.54, 1.807) is 36.4 Å². The maximum absolute atomic E-state index is 12.3. The van der Waals surface area contributed by atoms with Crippen LogP contribution in [-0.4, -0.2) is 32.6 Å². The largest absolute Gasteiger partial charge is 0.494 e. The maximum Gasteiger partial charge on any atom is 0.269 e. The Labute approximate surface area is 171 Å². The van der Waals surface area contributed by atoms with Crippen molar-refractivity contribution in [3.63, 3.8) is 0 Å². The molecule has 2 aromatic carbocycles. The summed E-state index contributed by atoms with van der Waals surface area (Å²) >= 11 is 0. The van der Waals surface area contributed by atoms with Crippen LogP contribution in [0.1, 0.15) is 53.3 Å². The van der Waals surface area contributed by atoms with Crippen molar-refractivity contribution in [2.75, 3.05) is 20.8 Å². The first-order valence-electron chi connectivity index (χ1n) is 9.64. The first-order valence-corrected chi connectivity index (χ1v) is 9.64. The SMILES string of the molecule is CCCCCCOc1ccc(C(=O)NNC(=O)c2ccc(OC)c(OC)c2)cc1. The third-order valence-electron chi connectivity index (χ3n) is 4.32. The maximum atomic E-state index is 12.3. The van der Waals surface area contributed by atoms with Crippen LogP contribution in [0.4, 0.5) is 0 Å². The summed E-state index contributed by atoms with van der Waals surface area (Å²) in [6.45, 7) is 2.83. The minimum Gasteiger partial charge on any atom is -0.494 e. The molecular formula is C22H28N2O5. The highest BCUT2D eigenvalue weighted by Crippen LogP contribution is 2.27. The van der Waals surface area contributed by atoms with Gasteiger partial charge in [0.05, 0.1) is 20.8 Å². The molecule has 0 radical (unpaired) electrons. The molecular weight excluding hydrogens is 372 g/mol. The van der Waals surface area contributed by atoms with E-state index in [2.05, 4.69) is 17.8 Å². The number of hydrazine groups is 1. The van der Waals surface area contributed by atoms with E-state index in [4.69, 9.17) is 14.2 Å². The van der Waals surface area contributed by atoms with Gasteiger partial charge in [0, 0.05) is 11.1 Å². The van der Waals surface area contributed by atoms with Crippen molar-refractivity contribution >= 4 is 11.8 Å². The molecule has 0 aliphatic heterocycles. The lowest BCUT2D eigenvalue weighted by Crippen LogP contribution is -2.41.